The van der Waals surface area contributed by atoms with Gasteiger partial charge >= 0.3 is 6.03 Å². The van der Waals surface area contributed by atoms with Gasteiger partial charge < -0.3 is 21.3 Å². The number of urea groups is 1. The van der Waals surface area contributed by atoms with Gasteiger partial charge in [-0.3, -0.25) is 9.59 Å². The molecule has 2 aromatic carbocycles. The molecule has 1 atom stereocenters. The van der Waals surface area contributed by atoms with Crippen LogP contribution in [0.4, 0.5) is 16.2 Å². The van der Waals surface area contributed by atoms with Gasteiger partial charge in [0.15, 0.2) is 0 Å². The summed E-state index contributed by atoms with van der Waals surface area (Å²) in [6.07, 6.45) is 1.95. The molecule has 4 N–H and O–H groups in total. The molecule has 7 nitrogen and oxygen atoms in total. The zero-order valence-corrected chi connectivity index (χ0v) is 17.0. The topological polar surface area (TPSA) is 99.3 Å². The first-order valence-corrected chi connectivity index (χ1v) is 9.75. The van der Waals surface area contributed by atoms with E-state index < -0.39 is 6.03 Å². The summed E-state index contributed by atoms with van der Waals surface area (Å²) >= 11 is 6.13. The fourth-order valence-electron chi connectivity index (χ4n) is 2.80. The van der Waals surface area contributed by atoms with Crippen molar-refractivity contribution >= 4 is 40.8 Å². The van der Waals surface area contributed by atoms with E-state index in [0.717, 1.165) is 18.4 Å². The molecule has 0 aromatic heterocycles. The third kappa shape index (κ3) is 5.96. The van der Waals surface area contributed by atoms with Crippen molar-refractivity contribution in [3.8, 4) is 0 Å². The van der Waals surface area contributed by atoms with Gasteiger partial charge in [0, 0.05) is 24.3 Å². The number of carbonyl (C=O) groups is 3. The highest BCUT2D eigenvalue weighted by atomic mass is 35.5. The molecule has 1 unspecified atom stereocenters. The molecule has 0 bridgehead atoms. The lowest BCUT2D eigenvalue weighted by Gasteiger charge is -2.16. The summed E-state index contributed by atoms with van der Waals surface area (Å²) in [7, 11) is 0. The SMILES string of the molecule is CC(=O)Nc1cccc(C(C)NC(=O)Nc2ccc(Cl)c(C(=O)NC3CC3)c2)c1. The van der Waals surface area contributed by atoms with E-state index in [4.69, 9.17) is 11.6 Å². The van der Waals surface area contributed by atoms with Crippen LogP contribution in [0.15, 0.2) is 42.5 Å². The molecule has 0 aliphatic heterocycles. The molecule has 1 saturated carbocycles. The summed E-state index contributed by atoms with van der Waals surface area (Å²) < 4.78 is 0. The number of hydrogen-bond donors (Lipinski definition) is 4. The maximum Gasteiger partial charge on any atom is 0.319 e. The Kier molecular flexibility index (Phi) is 6.39. The van der Waals surface area contributed by atoms with Crippen LogP contribution >= 0.6 is 11.6 Å². The van der Waals surface area contributed by atoms with Crippen molar-refractivity contribution in [3.63, 3.8) is 0 Å². The lowest BCUT2D eigenvalue weighted by atomic mass is 10.1. The quantitative estimate of drug-likeness (QED) is 0.573. The second-order valence-electron chi connectivity index (χ2n) is 7.07. The Bertz CT molecular complexity index is 943. The van der Waals surface area contributed by atoms with Crippen molar-refractivity contribution in [2.75, 3.05) is 10.6 Å². The van der Waals surface area contributed by atoms with Crippen LogP contribution in [-0.2, 0) is 4.79 Å². The summed E-state index contributed by atoms with van der Waals surface area (Å²) in [4.78, 5) is 35.9. The molecule has 1 fully saturated rings. The third-order valence-corrected chi connectivity index (χ3v) is 4.77. The Hall–Kier alpha value is -3.06. The molecule has 29 heavy (non-hydrogen) atoms. The molecule has 0 heterocycles. The van der Waals surface area contributed by atoms with Crippen LogP contribution in [0, 0.1) is 0 Å². The maximum absolute atomic E-state index is 12.4. The Morgan fingerprint density at radius 2 is 1.76 bits per heavy atom. The number of halogens is 1. The average molecular weight is 415 g/mol. The number of amides is 4. The van der Waals surface area contributed by atoms with E-state index in [1.807, 2.05) is 13.0 Å². The van der Waals surface area contributed by atoms with Crippen LogP contribution in [0.1, 0.15) is 48.7 Å². The van der Waals surface area contributed by atoms with Gasteiger partial charge in [0.05, 0.1) is 16.6 Å². The molecule has 8 heteroatoms. The first-order valence-electron chi connectivity index (χ1n) is 9.37. The molecule has 3 rings (SSSR count). The molecule has 4 amide bonds. The van der Waals surface area contributed by atoms with Crippen molar-refractivity contribution in [3.05, 3.63) is 58.6 Å². The van der Waals surface area contributed by atoms with E-state index in [-0.39, 0.29) is 23.9 Å². The number of nitrogens with one attached hydrogen (secondary N) is 4. The molecular weight excluding hydrogens is 392 g/mol. The number of anilines is 2. The molecule has 1 aliphatic carbocycles. The van der Waals surface area contributed by atoms with Gasteiger partial charge in [-0.15, -0.1) is 0 Å². The number of carbonyl (C=O) groups excluding carboxylic acids is 3. The largest absolute Gasteiger partial charge is 0.349 e. The predicted molar refractivity (Wildman–Crippen MR) is 113 cm³/mol. The van der Waals surface area contributed by atoms with Crippen LogP contribution in [0.2, 0.25) is 5.02 Å². The second-order valence-corrected chi connectivity index (χ2v) is 7.48. The van der Waals surface area contributed by atoms with Crippen molar-refractivity contribution < 1.29 is 14.4 Å². The molecule has 1 aliphatic rings. The van der Waals surface area contributed by atoms with Gasteiger partial charge in [0.2, 0.25) is 5.91 Å². The van der Waals surface area contributed by atoms with Gasteiger partial charge in [-0.1, -0.05) is 23.7 Å². The number of benzene rings is 2. The van der Waals surface area contributed by atoms with Crippen LogP contribution in [0.3, 0.4) is 0 Å². The monoisotopic (exact) mass is 414 g/mol. The second kappa shape index (κ2) is 8.96. The van der Waals surface area contributed by atoms with Gasteiger partial charge in [-0.25, -0.2) is 4.79 Å². The molecule has 0 spiro atoms. The first kappa shape index (κ1) is 20.7. The zero-order chi connectivity index (χ0) is 21.0. The zero-order valence-electron chi connectivity index (χ0n) is 16.2. The lowest BCUT2D eigenvalue weighted by Crippen LogP contribution is -2.31. The minimum Gasteiger partial charge on any atom is -0.349 e. The van der Waals surface area contributed by atoms with Crippen LogP contribution in [0.25, 0.3) is 0 Å². The highest BCUT2D eigenvalue weighted by molar-refractivity contribution is 6.34. The normalized spacial score (nSPS) is 13.9. The van der Waals surface area contributed by atoms with Crippen LogP contribution < -0.4 is 21.3 Å². The highest BCUT2D eigenvalue weighted by Crippen LogP contribution is 2.24. The van der Waals surface area contributed by atoms with Gasteiger partial charge in [-0.2, -0.15) is 0 Å². The Balaban J connectivity index is 1.63. The third-order valence-electron chi connectivity index (χ3n) is 4.44. The fourth-order valence-corrected chi connectivity index (χ4v) is 3.01. The van der Waals surface area contributed by atoms with Gasteiger partial charge in [0.25, 0.3) is 5.91 Å². The van der Waals surface area contributed by atoms with Gasteiger partial charge in [-0.05, 0) is 55.7 Å². The van der Waals surface area contributed by atoms with E-state index >= 15 is 0 Å². The van der Waals surface area contributed by atoms with E-state index in [2.05, 4.69) is 21.3 Å². The summed E-state index contributed by atoms with van der Waals surface area (Å²) in [6.45, 7) is 3.27. The van der Waals surface area contributed by atoms with Crippen LogP contribution in [0.5, 0.6) is 0 Å². The lowest BCUT2D eigenvalue weighted by molar-refractivity contribution is -0.114. The molecule has 0 radical (unpaired) electrons. The summed E-state index contributed by atoms with van der Waals surface area (Å²) in [5.41, 5.74) is 2.29. The van der Waals surface area contributed by atoms with E-state index in [1.165, 1.54) is 6.92 Å². The summed E-state index contributed by atoms with van der Waals surface area (Å²) in [6, 6.07) is 11.5. The standard InChI is InChI=1S/C21H23ClN4O3/c1-12(14-4-3-5-16(10-14)24-13(2)27)23-21(29)26-17-8-9-19(22)18(11-17)20(28)25-15-6-7-15/h3-5,8-12,15H,6-7H2,1-2H3,(H,24,27)(H,25,28)(H2,23,26,29). The Morgan fingerprint density at radius 1 is 1.03 bits per heavy atom. The minimum absolute atomic E-state index is 0.162. The highest BCUT2D eigenvalue weighted by Gasteiger charge is 2.25. The van der Waals surface area contributed by atoms with E-state index in [9.17, 15) is 14.4 Å². The number of hydrogen-bond acceptors (Lipinski definition) is 3. The van der Waals surface area contributed by atoms with E-state index in [0.29, 0.717) is 22.0 Å². The molecular formula is C21H23ClN4O3. The first-order chi connectivity index (χ1) is 13.8. The van der Waals surface area contributed by atoms with Crippen molar-refractivity contribution in [2.45, 2.75) is 38.8 Å². The summed E-state index contributed by atoms with van der Waals surface area (Å²) in [5, 5.41) is 11.5. The van der Waals surface area contributed by atoms with Crippen molar-refractivity contribution in [1.82, 2.24) is 10.6 Å². The van der Waals surface area contributed by atoms with Gasteiger partial charge in [0.1, 0.15) is 0 Å². The fraction of sp³-hybridized carbons (Fsp3) is 0.286. The molecule has 0 saturated heterocycles. The minimum atomic E-state index is -0.418. The summed E-state index contributed by atoms with van der Waals surface area (Å²) in [5.74, 6) is -0.408. The van der Waals surface area contributed by atoms with Crippen LogP contribution in [-0.4, -0.2) is 23.9 Å². The Labute approximate surface area is 174 Å². The maximum atomic E-state index is 12.4. The smallest absolute Gasteiger partial charge is 0.319 e. The van der Waals surface area contributed by atoms with E-state index in [1.54, 1.807) is 36.4 Å². The Morgan fingerprint density at radius 3 is 2.45 bits per heavy atom. The molecule has 2 aromatic rings. The van der Waals surface area contributed by atoms with Crippen molar-refractivity contribution in [1.29, 1.82) is 0 Å². The number of rotatable bonds is 6. The van der Waals surface area contributed by atoms with Crippen molar-refractivity contribution in [2.24, 2.45) is 0 Å². The average Bonchev–Trinajstić information content (AvgIpc) is 3.46. The predicted octanol–water partition coefficient (Wildman–Crippen LogP) is 4.07. The molecule has 152 valence electrons.